The molecule has 0 amide bonds. The monoisotopic (exact) mass is 714 g/mol. The zero-order chi connectivity index (χ0) is 37.3. The molecule has 0 bridgehead atoms. The highest BCUT2D eigenvalue weighted by molar-refractivity contribution is 6.09. The molecule has 56 heavy (non-hydrogen) atoms. The van der Waals surface area contributed by atoms with Crippen LogP contribution in [-0.2, 0) is 0 Å². The van der Waals surface area contributed by atoms with Crippen LogP contribution in [0.1, 0.15) is 0 Å². The highest BCUT2D eigenvalue weighted by Crippen LogP contribution is 2.37. The molecule has 10 rings (SSSR count). The Morgan fingerprint density at radius 3 is 1.39 bits per heavy atom. The van der Waals surface area contributed by atoms with Gasteiger partial charge in [-0.2, -0.15) is 0 Å². The van der Waals surface area contributed by atoms with Crippen molar-refractivity contribution in [2.24, 2.45) is 0 Å². The second-order valence-electron chi connectivity index (χ2n) is 13.9. The Labute approximate surface area is 325 Å². The molecular weight excluding hydrogens is 681 g/mol. The Balaban J connectivity index is 1.09. The summed E-state index contributed by atoms with van der Waals surface area (Å²) in [5.74, 6) is 0.681. The normalized spacial score (nSPS) is 11.2. The van der Waals surface area contributed by atoms with E-state index in [0.717, 1.165) is 89.1 Å². The van der Waals surface area contributed by atoms with Gasteiger partial charge in [-0.1, -0.05) is 182 Å². The van der Waals surface area contributed by atoms with E-state index < -0.39 is 0 Å². The summed E-state index contributed by atoms with van der Waals surface area (Å²) in [7, 11) is 0. The fourth-order valence-electron chi connectivity index (χ4n) is 7.41. The number of aromatic nitrogens is 4. The zero-order valence-electron chi connectivity index (χ0n) is 30.4. The van der Waals surface area contributed by atoms with Crippen molar-refractivity contribution in [2.45, 2.75) is 0 Å². The SMILES string of the molecule is c1ccc(-c2ccc(-c3cc(-c4cccc(-c5ccc6ccc7c(-c8ccccc8)cc(-c8ccccc8)nc7c6n5)c4)nc(-c4ccccc4)n3)cc2)cc1. The molecule has 3 heterocycles. The number of nitrogens with zero attached hydrogens (tertiary/aromatic N) is 4. The van der Waals surface area contributed by atoms with E-state index in [2.05, 4.69) is 176 Å². The second kappa shape index (κ2) is 14.3. The first-order valence-electron chi connectivity index (χ1n) is 18.8. The van der Waals surface area contributed by atoms with Gasteiger partial charge in [0.2, 0.25) is 0 Å². The van der Waals surface area contributed by atoms with Crippen LogP contribution >= 0.6 is 0 Å². The maximum Gasteiger partial charge on any atom is 0.160 e. The first kappa shape index (κ1) is 33.0. The van der Waals surface area contributed by atoms with Crippen molar-refractivity contribution in [2.75, 3.05) is 0 Å². The molecule has 3 aromatic heterocycles. The highest BCUT2D eigenvalue weighted by atomic mass is 14.9. The van der Waals surface area contributed by atoms with E-state index in [4.69, 9.17) is 19.9 Å². The van der Waals surface area contributed by atoms with E-state index in [1.165, 1.54) is 5.56 Å². The van der Waals surface area contributed by atoms with Gasteiger partial charge in [0.15, 0.2) is 5.82 Å². The number of rotatable bonds is 7. The van der Waals surface area contributed by atoms with Gasteiger partial charge in [-0.15, -0.1) is 0 Å². The number of pyridine rings is 2. The Kier molecular flexibility index (Phi) is 8.47. The number of benzene rings is 7. The van der Waals surface area contributed by atoms with Crippen LogP contribution in [0.3, 0.4) is 0 Å². The van der Waals surface area contributed by atoms with Gasteiger partial charge >= 0.3 is 0 Å². The van der Waals surface area contributed by atoms with Gasteiger partial charge in [0.25, 0.3) is 0 Å². The Bertz CT molecular complexity index is 2980. The van der Waals surface area contributed by atoms with Crippen LogP contribution < -0.4 is 0 Å². The van der Waals surface area contributed by atoms with Gasteiger partial charge in [0.05, 0.1) is 33.8 Å². The summed E-state index contributed by atoms with van der Waals surface area (Å²) in [6.07, 6.45) is 0. The van der Waals surface area contributed by atoms with Crippen LogP contribution in [0.15, 0.2) is 206 Å². The van der Waals surface area contributed by atoms with E-state index in [1.54, 1.807) is 0 Å². The van der Waals surface area contributed by atoms with Crippen LogP contribution in [0.25, 0.3) is 100 Å². The lowest BCUT2D eigenvalue weighted by Crippen LogP contribution is -1.96. The summed E-state index contributed by atoms with van der Waals surface area (Å²) in [6.45, 7) is 0. The van der Waals surface area contributed by atoms with E-state index >= 15 is 0 Å². The molecule has 0 atom stereocenters. The van der Waals surface area contributed by atoms with Crippen molar-refractivity contribution in [3.05, 3.63) is 206 Å². The molecule has 0 aliphatic carbocycles. The lowest BCUT2D eigenvalue weighted by Gasteiger charge is -2.13. The summed E-state index contributed by atoms with van der Waals surface area (Å²) in [6, 6.07) is 71.5. The van der Waals surface area contributed by atoms with Crippen LogP contribution in [0.2, 0.25) is 0 Å². The molecule has 4 nitrogen and oxygen atoms in total. The molecule has 7 aromatic carbocycles. The molecule has 0 fully saturated rings. The van der Waals surface area contributed by atoms with Crippen LogP contribution in [0.4, 0.5) is 0 Å². The Morgan fingerprint density at radius 2 is 0.714 bits per heavy atom. The van der Waals surface area contributed by atoms with Gasteiger partial charge in [0, 0.05) is 38.6 Å². The van der Waals surface area contributed by atoms with E-state index in [-0.39, 0.29) is 0 Å². The van der Waals surface area contributed by atoms with Crippen molar-refractivity contribution in [3.63, 3.8) is 0 Å². The average molecular weight is 715 g/mol. The second-order valence-corrected chi connectivity index (χ2v) is 13.9. The lowest BCUT2D eigenvalue weighted by molar-refractivity contribution is 1.18. The van der Waals surface area contributed by atoms with Crippen molar-refractivity contribution in [1.29, 1.82) is 0 Å². The molecule has 0 unspecified atom stereocenters. The van der Waals surface area contributed by atoms with Crippen LogP contribution in [0.5, 0.6) is 0 Å². The first-order chi connectivity index (χ1) is 27.7. The summed E-state index contributed by atoms with van der Waals surface area (Å²) < 4.78 is 0. The lowest BCUT2D eigenvalue weighted by atomic mass is 9.97. The summed E-state index contributed by atoms with van der Waals surface area (Å²) >= 11 is 0. The number of hydrogen-bond donors (Lipinski definition) is 0. The molecule has 262 valence electrons. The molecule has 0 N–H and O–H groups in total. The summed E-state index contributed by atoms with van der Waals surface area (Å²) in [5.41, 5.74) is 14.9. The Hall–Kier alpha value is -7.56. The van der Waals surface area contributed by atoms with Crippen molar-refractivity contribution >= 4 is 21.8 Å². The standard InChI is InChI=1S/C52H34N4/c1-5-14-35(15-6-1)36-24-26-39(27-25-36)48-34-49(56-52(55-48)41-20-11-4-12-21-41)43-23-13-22-42(32-43)46-31-29-40-28-30-44-45(37-16-7-2-8-17-37)33-47(38-18-9-3-10-19-38)54-51(44)50(40)53-46/h1-34H. The van der Waals surface area contributed by atoms with Gasteiger partial charge in [-0.3, -0.25) is 0 Å². The topological polar surface area (TPSA) is 51.6 Å². The minimum Gasteiger partial charge on any atom is -0.245 e. The van der Waals surface area contributed by atoms with Gasteiger partial charge in [-0.05, 0) is 46.5 Å². The first-order valence-corrected chi connectivity index (χ1v) is 18.8. The Morgan fingerprint density at radius 1 is 0.250 bits per heavy atom. The quantitative estimate of drug-likeness (QED) is 0.154. The zero-order valence-corrected chi connectivity index (χ0v) is 30.4. The van der Waals surface area contributed by atoms with Crippen molar-refractivity contribution in [3.8, 4) is 78.7 Å². The number of fused-ring (bicyclic) bond motifs is 3. The smallest absolute Gasteiger partial charge is 0.160 e. The summed E-state index contributed by atoms with van der Waals surface area (Å²) in [5, 5.41) is 2.11. The van der Waals surface area contributed by atoms with E-state index in [9.17, 15) is 0 Å². The van der Waals surface area contributed by atoms with Gasteiger partial charge in [0.1, 0.15) is 0 Å². The molecule has 0 spiro atoms. The fraction of sp³-hybridized carbons (Fsp3) is 0. The van der Waals surface area contributed by atoms with Crippen molar-refractivity contribution in [1.82, 2.24) is 19.9 Å². The third-order valence-electron chi connectivity index (χ3n) is 10.3. The fourth-order valence-corrected chi connectivity index (χ4v) is 7.41. The molecule has 0 saturated carbocycles. The molecule has 0 saturated heterocycles. The molecule has 10 aromatic rings. The maximum atomic E-state index is 5.35. The number of hydrogen-bond acceptors (Lipinski definition) is 4. The molecule has 0 radical (unpaired) electrons. The van der Waals surface area contributed by atoms with Crippen molar-refractivity contribution < 1.29 is 0 Å². The minimum atomic E-state index is 0.681. The highest BCUT2D eigenvalue weighted by Gasteiger charge is 2.16. The summed E-state index contributed by atoms with van der Waals surface area (Å²) in [4.78, 5) is 20.8. The molecule has 0 aliphatic heterocycles. The minimum absolute atomic E-state index is 0.681. The average Bonchev–Trinajstić information content (AvgIpc) is 3.29. The molecular formula is C52H34N4. The molecule has 0 aliphatic rings. The van der Waals surface area contributed by atoms with Crippen LogP contribution in [0, 0.1) is 0 Å². The van der Waals surface area contributed by atoms with Gasteiger partial charge in [-0.25, -0.2) is 19.9 Å². The predicted molar refractivity (Wildman–Crippen MR) is 231 cm³/mol. The van der Waals surface area contributed by atoms with E-state index in [1.807, 2.05) is 30.3 Å². The largest absolute Gasteiger partial charge is 0.245 e. The third kappa shape index (κ3) is 6.40. The molecule has 4 heteroatoms. The van der Waals surface area contributed by atoms with E-state index in [0.29, 0.717) is 5.82 Å². The maximum absolute atomic E-state index is 5.35. The van der Waals surface area contributed by atoms with Gasteiger partial charge < -0.3 is 0 Å². The van der Waals surface area contributed by atoms with Crippen LogP contribution in [-0.4, -0.2) is 19.9 Å². The third-order valence-corrected chi connectivity index (χ3v) is 10.3. The predicted octanol–water partition coefficient (Wildman–Crippen LogP) is 13.2.